The normalized spacial score (nSPS) is 12.7. The van der Waals surface area contributed by atoms with Gasteiger partial charge in [-0.05, 0) is 13.1 Å². The van der Waals surface area contributed by atoms with Gasteiger partial charge in [0.25, 0.3) is 5.56 Å². The first-order valence-corrected chi connectivity index (χ1v) is 7.72. The molecule has 3 heterocycles. The van der Waals surface area contributed by atoms with E-state index in [4.69, 9.17) is 14.7 Å². The van der Waals surface area contributed by atoms with Crippen LogP contribution in [0.2, 0.25) is 0 Å². The molecule has 126 valence electrons. The summed E-state index contributed by atoms with van der Waals surface area (Å²) in [7, 11) is 1.93. The summed E-state index contributed by atoms with van der Waals surface area (Å²) in [6, 6.07) is 9.27. The number of para-hydroxylation sites is 1. The van der Waals surface area contributed by atoms with E-state index in [-0.39, 0.29) is 12.4 Å². The minimum atomic E-state index is -0.243. The van der Waals surface area contributed by atoms with Gasteiger partial charge in [0.05, 0.1) is 5.69 Å². The Labute approximate surface area is 142 Å². The number of rotatable bonds is 4. The highest BCUT2D eigenvalue weighted by Crippen LogP contribution is 2.35. The number of nitriles is 1. The number of aromatic amines is 1. The standard InChI is InChI=1S/C17H15N5O3/c1-21(8-11-3-2-4-14-16(11)25-10-24-14)9-13-5-15(23)22-17(20-13)12(6-18)7-19-22/h2-5,7,19H,8-10H2,1H3. The first-order chi connectivity index (χ1) is 12.2. The Morgan fingerprint density at radius 2 is 2.28 bits per heavy atom. The van der Waals surface area contributed by atoms with Gasteiger partial charge in [0, 0.05) is 30.9 Å². The first kappa shape index (κ1) is 15.2. The molecular weight excluding hydrogens is 322 g/mol. The van der Waals surface area contributed by atoms with E-state index >= 15 is 0 Å². The number of H-pyrrole nitrogens is 1. The molecule has 1 aromatic carbocycles. The Hall–Kier alpha value is -3.31. The average Bonchev–Trinajstić information content (AvgIpc) is 3.21. The molecule has 0 atom stereocenters. The molecule has 1 aliphatic heterocycles. The van der Waals surface area contributed by atoms with E-state index in [1.165, 1.54) is 16.8 Å². The maximum absolute atomic E-state index is 12.1. The number of hydrogen-bond acceptors (Lipinski definition) is 6. The molecule has 0 radical (unpaired) electrons. The van der Waals surface area contributed by atoms with E-state index in [9.17, 15) is 4.79 Å². The Bertz CT molecular complexity index is 1050. The fourth-order valence-corrected chi connectivity index (χ4v) is 2.93. The van der Waals surface area contributed by atoms with Crippen molar-refractivity contribution in [2.75, 3.05) is 13.8 Å². The summed E-state index contributed by atoms with van der Waals surface area (Å²) in [6.45, 7) is 1.31. The minimum absolute atomic E-state index is 0.232. The van der Waals surface area contributed by atoms with E-state index in [0.717, 1.165) is 17.1 Å². The first-order valence-electron chi connectivity index (χ1n) is 7.72. The molecule has 0 bridgehead atoms. The summed E-state index contributed by atoms with van der Waals surface area (Å²) in [5, 5.41) is 11.8. The van der Waals surface area contributed by atoms with Gasteiger partial charge in [-0.15, -0.1) is 0 Å². The van der Waals surface area contributed by atoms with Crippen molar-refractivity contribution in [3.05, 3.63) is 57.6 Å². The third-order valence-electron chi connectivity index (χ3n) is 4.02. The van der Waals surface area contributed by atoms with Gasteiger partial charge in [0.15, 0.2) is 17.1 Å². The number of ether oxygens (including phenoxy) is 2. The molecule has 1 N–H and O–H groups in total. The zero-order valence-corrected chi connectivity index (χ0v) is 13.5. The molecule has 1 aliphatic rings. The lowest BCUT2D eigenvalue weighted by molar-refractivity contribution is 0.172. The number of nitrogens with one attached hydrogen (secondary N) is 1. The summed E-state index contributed by atoms with van der Waals surface area (Å²) in [5.41, 5.74) is 2.05. The van der Waals surface area contributed by atoms with Crippen molar-refractivity contribution in [3.8, 4) is 17.6 Å². The van der Waals surface area contributed by atoms with Gasteiger partial charge in [-0.2, -0.15) is 5.26 Å². The second kappa shape index (κ2) is 5.96. The van der Waals surface area contributed by atoms with Gasteiger partial charge in [0.1, 0.15) is 11.6 Å². The number of fused-ring (bicyclic) bond motifs is 2. The van der Waals surface area contributed by atoms with Crippen molar-refractivity contribution >= 4 is 5.65 Å². The zero-order chi connectivity index (χ0) is 17.4. The highest BCUT2D eigenvalue weighted by atomic mass is 16.7. The maximum atomic E-state index is 12.1. The van der Waals surface area contributed by atoms with E-state index in [1.54, 1.807) is 0 Å². The molecule has 2 aromatic heterocycles. The SMILES string of the molecule is CN(Cc1cc(=O)n2[nH]cc(C#N)c2n1)Cc1cccc2c1OCO2. The van der Waals surface area contributed by atoms with Gasteiger partial charge >= 0.3 is 0 Å². The molecule has 3 aromatic rings. The van der Waals surface area contributed by atoms with Crippen molar-refractivity contribution in [2.45, 2.75) is 13.1 Å². The Morgan fingerprint density at radius 3 is 3.12 bits per heavy atom. The number of nitrogens with zero attached hydrogens (tertiary/aromatic N) is 4. The molecule has 0 saturated carbocycles. The molecule has 0 fully saturated rings. The lowest BCUT2D eigenvalue weighted by Gasteiger charge is -2.17. The van der Waals surface area contributed by atoms with E-state index in [1.807, 2.05) is 36.2 Å². The van der Waals surface area contributed by atoms with Crippen molar-refractivity contribution in [1.82, 2.24) is 19.5 Å². The van der Waals surface area contributed by atoms with Crippen molar-refractivity contribution < 1.29 is 9.47 Å². The molecule has 8 nitrogen and oxygen atoms in total. The lowest BCUT2D eigenvalue weighted by Crippen LogP contribution is -2.22. The monoisotopic (exact) mass is 337 g/mol. The Kier molecular flexibility index (Phi) is 3.63. The van der Waals surface area contributed by atoms with Crippen LogP contribution in [0.4, 0.5) is 0 Å². The second-order valence-electron chi connectivity index (χ2n) is 5.87. The summed E-state index contributed by atoms with van der Waals surface area (Å²) in [5.74, 6) is 1.50. The largest absolute Gasteiger partial charge is 0.454 e. The molecule has 4 rings (SSSR count). The number of hydrogen-bond donors (Lipinski definition) is 1. The molecule has 25 heavy (non-hydrogen) atoms. The molecule has 0 aliphatic carbocycles. The third-order valence-corrected chi connectivity index (χ3v) is 4.02. The highest BCUT2D eigenvalue weighted by Gasteiger charge is 2.18. The summed E-state index contributed by atoms with van der Waals surface area (Å²) >= 11 is 0. The van der Waals surface area contributed by atoms with Crippen molar-refractivity contribution in [1.29, 1.82) is 5.26 Å². The molecule has 0 unspecified atom stereocenters. The van der Waals surface area contributed by atoms with Gasteiger partial charge < -0.3 is 9.47 Å². The Balaban J connectivity index is 1.58. The van der Waals surface area contributed by atoms with Crippen LogP contribution in [0.5, 0.6) is 11.5 Å². The maximum Gasteiger partial charge on any atom is 0.272 e. The molecule has 0 saturated heterocycles. The minimum Gasteiger partial charge on any atom is -0.454 e. The zero-order valence-electron chi connectivity index (χ0n) is 13.5. The van der Waals surface area contributed by atoms with Gasteiger partial charge in [-0.25, -0.2) is 9.50 Å². The average molecular weight is 337 g/mol. The van der Waals surface area contributed by atoms with Gasteiger partial charge in [-0.1, -0.05) is 12.1 Å². The van der Waals surface area contributed by atoms with Crippen LogP contribution in [0.3, 0.4) is 0 Å². The quantitative estimate of drug-likeness (QED) is 0.770. The predicted octanol–water partition coefficient (Wildman–Crippen LogP) is 1.25. The van der Waals surface area contributed by atoms with Crippen LogP contribution in [0, 0.1) is 11.3 Å². The van der Waals surface area contributed by atoms with Crippen LogP contribution in [-0.2, 0) is 13.1 Å². The lowest BCUT2D eigenvalue weighted by atomic mass is 10.1. The highest BCUT2D eigenvalue weighted by molar-refractivity contribution is 5.53. The van der Waals surface area contributed by atoms with Crippen LogP contribution >= 0.6 is 0 Å². The van der Waals surface area contributed by atoms with Crippen LogP contribution in [-0.4, -0.2) is 33.3 Å². The number of benzene rings is 1. The smallest absolute Gasteiger partial charge is 0.272 e. The van der Waals surface area contributed by atoms with Crippen LogP contribution in [0.15, 0.2) is 35.3 Å². The van der Waals surface area contributed by atoms with E-state index in [0.29, 0.717) is 30.0 Å². The third kappa shape index (κ3) is 2.70. The van der Waals surface area contributed by atoms with Crippen LogP contribution < -0.4 is 15.0 Å². The fourth-order valence-electron chi connectivity index (χ4n) is 2.93. The predicted molar refractivity (Wildman–Crippen MR) is 88.3 cm³/mol. The summed E-state index contributed by atoms with van der Waals surface area (Å²) < 4.78 is 12.2. The summed E-state index contributed by atoms with van der Waals surface area (Å²) in [4.78, 5) is 18.6. The fraction of sp³-hybridized carbons (Fsp3) is 0.235. The molecular formula is C17H15N5O3. The van der Waals surface area contributed by atoms with Crippen molar-refractivity contribution in [3.63, 3.8) is 0 Å². The van der Waals surface area contributed by atoms with Gasteiger partial charge in [-0.3, -0.25) is 14.8 Å². The number of aromatic nitrogens is 3. The molecule has 0 amide bonds. The topological polar surface area (TPSA) is 95.7 Å². The second-order valence-corrected chi connectivity index (χ2v) is 5.87. The Morgan fingerprint density at radius 1 is 1.40 bits per heavy atom. The van der Waals surface area contributed by atoms with Gasteiger partial charge in [0.2, 0.25) is 6.79 Å². The van der Waals surface area contributed by atoms with Crippen LogP contribution in [0.1, 0.15) is 16.8 Å². The van der Waals surface area contributed by atoms with Crippen LogP contribution in [0.25, 0.3) is 5.65 Å². The van der Waals surface area contributed by atoms with E-state index < -0.39 is 0 Å². The molecule has 8 heteroatoms. The summed E-state index contributed by atoms with van der Waals surface area (Å²) in [6.07, 6.45) is 1.47. The van der Waals surface area contributed by atoms with Crippen molar-refractivity contribution in [2.24, 2.45) is 0 Å². The van der Waals surface area contributed by atoms with E-state index in [2.05, 4.69) is 10.1 Å². The molecule has 0 spiro atoms.